The normalized spacial score (nSPS) is 11.4. The van der Waals surface area contributed by atoms with Gasteiger partial charge in [-0.2, -0.15) is 0 Å². The number of nitrogens with one attached hydrogen (secondary N) is 1. The van der Waals surface area contributed by atoms with Gasteiger partial charge in [-0.25, -0.2) is 0 Å². The maximum Gasteiger partial charge on any atom is 0.297 e. The highest BCUT2D eigenvalue weighted by Gasteiger charge is 2.19. The van der Waals surface area contributed by atoms with Crippen molar-refractivity contribution in [1.82, 2.24) is 4.57 Å². The van der Waals surface area contributed by atoms with Crippen molar-refractivity contribution in [3.05, 3.63) is 51.9 Å². The van der Waals surface area contributed by atoms with Crippen LogP contribution in [0.2, 0.25) is 0 Å². The predicted molar refractivity (Wildman–Crippen MR) is 141 cm³/mol. The summed E-state index contributed by atoms with van der Waals surface area (Å²) < 4.78 is 13.4. The SMILES string of the molecule is CCCCCCn1c(=O)c(OC)c(OC/C=C(\C)CCC=C(C)C)c2ccc(NC(C)=O)cc21. The Hall–Kier alpha value is -3.02. The molecule has 6 nitrogen and oxygen atoms in total. The Labute approximate surface area is 203 Å². The lowest BCUT2D eigenvalue weighted by Gasteiger charge is -2.18. The fraction of sp³-hybridized carbons (Fsp3) is 0.500. The fourth-order valence-electron chi connectivity index (χ4n) is 3.88. The lowest BCUT2D eigenvalue weighted by Crippen LogP contribution is -2.23. The van der Waals surface area contributed by atoms with Gasteiger partial charge < -0.3 is 19.4 Å². The lowest BCUT2D eigenvalue weighted by atomic mass is 10.1. The number of benzene rings is 1. The van der Waals surface area contributed by atoms with Gasteiger partial charge in [0.25, 0.3) is 5.56 Å². The molecule has 2 rings (SSSR count). The molecule has 1 heterocycles. The van der Waals surface area contributed by atoms with Gasteiger partial charge in [0.1, 0.15) is 6.61 Å². The minimum atomic E-state index is -0.217. The number of nitrogens with zero attached hydrogens (tertiary/aromatic N) is 1. The Kier molecular flexibility index (Phi) is 10.9. The van der Waals surface area contributed by atoms with Gasteiger partial charge in [-0.15, -0.1) is 0 Å². The van der Waals surface area contributed by atoms with E-state index in [0.717, 1.165) is 49.4 Å². The summed E-state index contributed by atoms with van der Waals surface area (Å²) in [6.45, 7) is 10.8. The molecule has 0 saturated carbocycles. The van der Waals surface area contributed by atoms with Crippen molar-refractivity contribution in [1.29, 1.82) is 0 Å². The highest BCUT2D eigenvalue weighted by Crippen LogP contribution is 2.34. The Balaban J connectivity index is 2.44. The van der Waals surface area contributed by atoms with Crippen LogP contribution in [-0.4, -0.2) is 24.2 Å². The molecule has 1 aromatic carbocycles. The zero-order valence-corrected chi connectivity index (χ0v) is 21.6. The number of carbonyl (C=O) groups is 1. The molecule has 34 heavy (non-hydrogen) atoms. The largest absolute Gasteiger partial charge is 0.488 e. The summed E-state index contributed by atoms with van der Waals surface area (Å²) in [7, 11) is 1.50. The Morgan fingerprint density at radius 2 is 1.82 bits per heavy atom. The first kappa shape index (κ1) is 27.2. The van der Waals surface area contributed by atoms with E-state index in [4.69, 9.17) is 9.47 Å². The molecular formula is C28H40N2O4. The summed E-state index contributed by atoms with van der Waals surface area (Å²) in [5.41, 5.74) is 3.71. The Morgan fingerprint density at radius 3 is 2.47 bits per heavy atom. The number of aryl methyl sites for hydroxylation is 1. The first-order chi connectivity index (χ1) is 16.3. The second kappa shape index (κ2) is 13.6. The van der Waals surface area contributed by atoms with E-state index in [1.165, 1.54) is 25.2 Å². The quantitative estimate of drug-likeness (QED) is 0.265. The molecule has 186 valence electrons. The number of fused-ring (bicyclic) bond motifs is 1. The molecular weight excluding hydrogens is 428 g/mol. The topological polar surface area (TPSA) is 69.6 Å². The van der Waals surface area contributed by atoms with Crippen LogP contribution in [0.5, 0.6) is 11.5 Å². The second-order valence-electron chi connectivity index (χ2n) is 8.97. The number of amides is 1. The number of aromatic nitrogens is 1. The number of rotatable bonds is 13. The monoisotopic (exact) mass is 468 g/mol. The number of hydrogen-bond acceptors (Lipinski definition) is 4. The third kappa shape index (κ3) is 7.79. The van der Waals surface area contributed by atoms with Crippen LogP contribution in [-0.2, 0) is 11.3 Å². The number of carbonyl (C=O) groups excluding carboxylic acids is 1. The predicted octanol–water partition coefficient (Wildman–Crippen LogP) is 6.62. The van der Waals surface area contributed by atoms with Gasteiger partial charge in [0.2, 0.25) is 11.7 Å². The number of allylic oxidation sites excluding steroid dienone is 3. The van der Waals surface area contributed by atoms with E-state index in [0.29, 0.717) is 24.6 Å². The van der Waals surface area contributed by atoms with Crippen LogP contribution >= 0.6 is 0 Å². The van der Waals surface area contributed by atoms with Crippen molar-refractivity contribution in [2.24, 2.45) is 0 Å². The number of pyridine rings is 1. The summed E-state index contributed by atoms with van der Waals surface area (Å²) in [4.78, 5) is 25.0. The summed E-state index contributed by atoms with van der Waals surface area (Å²) in [6, 6.07) is 5.54. The van der Waals surface area contributed by atoms with Crippen molar-refractivity contribution in [2.75, 3.05) is 19.0 Å². The summed E-state index contributed by atoms with van der Waals surface area (Å²) in [6.07, 6.45) is 10.4. The number of unbranched alkanes of at least 4 members (excludes halogenated alkanes) is 3. The molecule has 0 atom stereocenters. The van der Waals surface area contributed by atoms with Crippen molar-refractivity contribution in [3.63, 3.8) is 0 Å². The van der Waals surface area contributed by atoms with Crippen molar-refractivity contribution < 1.29 is 14.3 Å². The molecule has 0 aliphatic heterocycles. The maximum atomic E-state index is 13.4. The zero-order valence-electron chi connectivity index (χ0n) is 21.6. The third-order valence-corrected chi connectivity index (χ3v) is 5.69. The van der Waals surface area contributed by atoms with Crippen LogP contribution in [0.1, 0.15) is 73.1 Å². The summed E-state index contributed by atoms with van der Waals surface area (Å²) in [5.74, 6) is 0.496. The van der Waals surface area contributed by atoms with Crippen LogP contribution in [0.15, 0.2) is 46.3 Å². The van der Waals surface area contributed by atoms with Crippen LogP contribution in [0.25, 0.3) is 10.9 Å². The highest BCUT2D eigenvalue weighted by molar-refractivity contribution is 5.94. The summed E-state index contributed by atoms with van der Waals surface area (Å²) in [5, 5.41) is 3.60. The molecule has 1 aromatic heterocycles. The molecule has 0 spiro atoms. The van der Waals surface area contributed by atoms with Gasteiger partial charge in [-0.05, 0) is 64.3 Å². The molecule has 0 bridgehead atoms. The molecule has 6 heteroatoms. The maximum absolute atomic E-state index is 13.4. The third-order valence-electron chi connectivity index (χ3n) is 5.69. The van der Waals surface area contributed by atoms with Crippen LogP contribution in [0.3, 0.4) is 0 Å². The number of anilines is 1. The highest BCUT2D eigenvalue weighted by atomic mass is 16.5. The van der Waals surface area contributed by atoms with E-state index in [-0.39, 0.29) is 17.2 Å². The summed E-state index contributed by atoms with van der Waals surface area (Å²) >= 11 is 0. The zero-order chi connectivity index (χ0) is 25.1. The molecule has 0 radical (unpaired) electrons. The number of hydrogen-bond donors (Lipinski definition) is 1. The molecule has 0 unspecified atom stereocenters. The smallest absolute Gasteiger partial charge is 0.297 e. The van der Waals surface area contributed by atoms with Gasteiger partial charge in [0.05, 0.1) is 12.6 Å². The second-order valence-corrected chi connectivity index (χ2v) is 8.97. The van der Waals surface area contributed by atoms with Gasteiger partial charge in [-0.1, -0.05) is 43.4 Å². The van der Waals surface area contributed by atoms with Crippen LogP contribution < -0.4 is 20.3 Å². The minimum absolute atomic E-state index is 0.157. The molecule has 0 aliphatic carbocycles. The van der Waals surface area contributed by atoms with Gasteiger partial charge >= 0.3 is 0 Å². The van der Waals surface area contributed by atoms with Gasteiger partial charge in [0, 0.05) is 24.5 Å². The van der Waals surface area contributed by atoms with Crippen LogP contribution in [0.4, 0.5) is 5.69 Å². The van der Waals surface area contributed by atoms with Crippen molar-refractivity contribution in [2.45, 2.75) is 79.7 Å². The van der Waals surface area contributed by atoms with E-state index < -0.39 is 0 Å². The molecule has 0 aliphatic rings. The van der Waals surface area contributed by atoms with E-state index in [9.17, 15) is 9.59 Å². The Bertz CT molecular complexity index is 1090. The van der Waals surface area contributed by atoms with E-state index in [1.807, 2.05) is 24.3 Å². The minimum Gasteiger partial charge on any atom is -0.488 e. The molecule has 1 N–H and O–H groups in total. The van der Waals surface area contributed by atoms with Crippen molar-refractivity contribution >= 4 is 22.5 Å². The number of ether oxygens (including phenoxy) is 2. The molecule has 1 amide bonds. The average Bonchev–Trinajstić information content (AvgIpc) is 2.77. The number of methoxy groups -OCH3 is 1. The first-order valence-corrected chi connectivity index (χ1v) is 12.2. The molecule has 2 aromatic rings. The van der Waals surface area contributed by atoms with E-state index in [1.54, 1.807) is 4.57 Å². The lowest BCUT2D eigenvalue weighted by molar-refractivity contribution is -0.114. The van der Waals surface area contributed by atoms with Gasteiger partial charge in [0.15, 0.2) is 5.75 Å². The standard InChI is InChI=1S/C28H40N2O4/c1-7-8-9-10-17-30-25-19-23(29-22(5)31)14-15-24(25)26(27(33-6)28(30)32)34-18-16-21(4)13-11-12-20(2)3/h12,14-16,19H,7-11,13,17-18H2,1-6H3,(H,29,31)/b21-16+. The average molecular weight is 469 g/mol. The fourth-order valence-corrected chi connectivity index (χ4v) is 3.88. The first-order valence-electron chi connectivity index (χ1n) is 12.2. The van der Waals surface area contributed by atoms with E-state index in [2.05, 4.69) is 39.1 Å². The Morgan fingerprint density at radius 1 is 1.06 bits per heavy atom. The molecule has 0 saturated heterocycles. The van der Waals surface area contributed by atoms with E-state index >= 15 is 0 Å². The van der Waals surface area contributed by atoms with Crippen LogP contribution in [0, 0.1) is 0 Å². The van der Waals surface area contributed by atoms with Crippen molar-refractivity contribution in [3.8, 4) is 11.5 Å². The van der Waals surface area contributed by atoms with Gasteiger partial charge in [-0.3, -0.25) is 9.59 Å². The molecule has 0 fully saturated rings.